The lowest BCUT2D eigenvalue weighted by Gasteiger charge is -2.07. The van der Waals surface area contributed by atoms with Gasteiger partial charge in [0.1, 0.15) is 11.6 Å². The lowest BCUT2D eigenvalue weighted by atomic mass is 10.1. The molecule has 0 unspecified atom stereocenters. The molecular weight excluding hydrogens is 370 g/mol. The largest absolute Gasteiger partial charge is 0.392 e. The Morgan fingerprint density at radius 2 is 1.81 bits per heavy atom. The summed E-state index contributed by atoms with van der Waals surface area (Å²) >= 11 is 0. The molecule has 1 amide bonds. The van der Waals surface area contributed by atoms with Crippen molar-refractivity contribution in [1.82, 2.24) is 5.32 Å². The van der Waals surface area contributed by atoms with Gasteiger partial charge < -0.3 is 15.7 Å². The van der Waals surface area contributed by atoms with E-state index < -0.39 is 16.0 Å². The highest BCUT2D eigenvalue weighted by molar-refractivity contribution is 7.85. The average molecular weight is 387 g/mol. The Kier molecular flexibility index (Phi) is 6.67. The summed E-state index contributed by atoms with van der Waals surface area (Å²) < 4.78 is 31.3. The predicted octanol–water partition coefficient (Wildman–Crippen LogP) is 1.56. The standard InChI is InChI=1S/C18H17N3O5S/c19-9-15(11-20-10-13-4-6-14(12-22)7-5-13)18(23)21-16-2-1-3-17(8-16)27(24,25)26/h1-8,11,20,22H,10,12H2,(H,21,23)(H,24,25,26)/b15-11-. The Hall–Kier alpha value is -3.19. The second-order valence-electron chi connectivity index (χ2n) is 5.48. The van der Waals surface area contributed by atoms with Crippen molar-refractivity contribution >= 4 is 21.7 Å². The van der Waals surface area contributed by atoms with Crippen LogP contribution in [-0.4, -0.2) is 24.0 Å². The van der Waals surface area contributed by atoms with Gasteiger partial charge in [0, 0.05) is 18.4 Å². The first-order valence-electron chi connectivity index (χ1n) is 7.74. The van der Waals surface area contributed by atoms with E-state index in [1.54, 1.807) is 30.3 Å². The molecule has 0 aliphatic rings. The highest BCUT2D eigenvalue weighted by Crippen LogP contribution is 2.15. The molecule has 9 heteroatoms. The third kappa shape index (κ3) is 5.93. The number of nitriles is 1. The predicted molar refractivity (Wildman–Crippen MR) is 97.8 cm³/mol. The van der Waals surface area contributed by atoms with Crippen molar-refractivity contribution in [3.8, 4) is 6.07 Å². The summed E-state index contributed by atoms with van der Waals surface area (Å²) in [6.45, 7) is 0.313. The van der Waals surface area contributed by atoms with E-state index in [0.717, 1.165) is 17.2 Å². The van der Waals surface area contributed by atoms with Crippen molar-refractivity contribution in [2.45, 2.75) is 18.0 Å². The maximum atomic E-state index is 12.1. The first-order chi connectivity index (χ1) is 12.8. The zero-order chi connectivity index (χ0) is 19.9. The molecule has 2 rings (SSSR count). The van der Waals surface area contributed by atoms with Gasteiger partial charge in [-0.1, -0.05) is 30.3 Å². The molecule has 0 aliphatic carbocycles. The monoisotopic (exact) mass is 387 g/mol. The summed E-state index contributed by atoms with van der Waals surface area (Å²) in [5.74, 6) is -0.729. The van der Waals surface area contributed by atoms with Crippen LogP contribution in [0.15, 0.2) is 65.2 Å². The van der Waals surface area contributed by atoms with Gasteiger partial charge in [0.25, 0.3) is 16.0 Å². The van der Waals surface area contributed by atoms with Gasteiger partial charge in [-0.15, -0.1) is 0 Å². The van der Waals surface area contributed by atoms with E-state index in [0.29, 0.717) is 6.54 Å². The summed E-state index contributed by atoms with van der Waals surface area (Å²) in [4.78, 5) is 11.8. The molecule has 2 aromatic rings. The zero-order valence-corrected chi connectivity index (χ0v) is 14.9. The Morgan fingerprint density at radius 3 is 2.41 bits per heavy atom. The lowest BCUT2D eigenvalue weighted by molar-refractivity contribution is -0.112. The van der Waals surface area contributed by atoms with Crippen LogP contribution in [0.25, 0.3) is 0 Å². The van der Waals surface area contributed by atoms with E-state index in [4.69, 9.17) is 14.9 Å². The number of hydrogen-bond acceptors (Lipinski definition) is 6. The molecule has 0 aliphatic heterocycles. The molecule has 0 bridgehead atoms. The number of nitrogens with zero attached hydrogens (tertiary/aromatic N) is 1. The molecule has 8 nitrogen and oxygen atoms in total. The van der Waals surface area contributed by atoms with Crippen molar-refractivity contribution in [1.29, 1.82) is 5.26 Å². The number of anilines is 1. The molecule has 4 N–H and O–H groups in total. The van der Waals surface area contributed by atoms with Gasteiger partial charge in [-0.05, 0) is 29.3 Å². The van der Waals surface area contributed by atoms with Crippen LogP contribution in [0.1, 0.15) is 11.1 Å². The molecule has 2 aromatic carbocycles. The minimum absolute atomic E-state index is 0.0505. The minimum Gasteiger partial charge on any atom is -0.392 e. The number of aliphatic hydroxyl groups is 1. The molecule has 0 fully saturated rings. The number of amides is 1. The van der Waals surface area contributed by atoms with Crippen LogP contribution in [0, 0.1) is 11.3 Å². The average Bonchev–Trinajstić information content (AvgIpc) is 2.65. The van der Waals surface area contributed by atoms with Gasteiger partial charge in [0.2, 0.25) is 0 Å². The van der Waals surface area contributed by atoms with Crippen LogP contribution in [0.2, 0.25) is 0 Å². The summed E-state index contributed by atoms with van der Waals surface area (Å²) in [6, 6.07) is 13.9. The van der Waals surface area contributed by atoms with Crippen LogP contribution in [0.3, 0.4) is 0 Å². The third-order valence-electron chi connectivity index (χ3n) is 3.51. The van der Waals surface area contributed by atoms with E-state index >= 15 is 0 Å². The molecule has 0 aromatic heterocycles. The van der Waals surface area contributed by atoms with Crippen LogP contribution < -0.4 is 10.6 Å². The number of rotatable bonds is 7. The van der Waals surface area contributed by atoms with Crippen molar-refractivity contribution in [3.63, 3.8) is 0 Å². The number of aliphatic hydroxyl groups excluding tert-OH is 1. The second-order valence-corrected chi connectivity index (χ2v) is 6.90. The lowest BCUT2D eigenvalue weighted by Crippen LogP contribution is -2.17. The van der Waals surface area contributed by atoms with Gasteiger partial charge in [0.05, 0.1) is 11.5 Å². The Balaban J connectivity index is 2.02. The Morgan fingerprint density at radius 1 is 1.15 bits per heavy atom. The zero-order valence-electron chi connectivity index (χ0n) is 14.1. The maximum absolute atomic E-state index is 12.1. The van der Waals surface area contributed by atoms with Crippen molar-refractivity contribution < 1.29 is 22.9 Å². The molecule has 0 atom stereocenters. The minimum atomic E-state index is -4.40. The SMILES string of the molecule is N#C/C(=C/NCc1ccc(CO)cc1)C(=O)Nc1cccc(S(=O)(=O)O)c1. The summed E-state index contributed by atoms with van der Waals surface area (Å²) in [5.41, 5.74) is 1.58. The molecule has 0 saturated heterocycles. The fourth-order valence-electron chi connectivity index (χ4n) is 2.11. The van der Waals surface area contributed by atoms with Gasteiger partial charge in [0.15, 0.2) is 0 Å². The van der Waals surface area contributed by atoms with E-state index in [1.165, 1.54) is 24.4 Å². The summed E-state index contributed by atoms with van der Waals surface area (Å²) in [5, 5.41) is 23.4. The van der Waals surface area contributed by atoms with Crippen molar-refractivity contribution in [2.75, 3.05) is 5.32 Å². The highest BCUT2D eigenvalue weighted by Gasteiger charge is 2.13. The highest BCUT2D eigenvalue weighted by atomic mass is 32.2. The van der Waals surface area contributed by atoms with Crippen LogP contribution in [0.5, 0.6) is 0 Å². The molecule has 0 heterocycles. The fourth-order valence-corrected chi connectivity index (χ4v) is 2.64. The molecule has 0 saturated carbocycles. The van der Waals surface area contributed by atoms with Gasteiger partial charge in [-0.2, -0.15) is 13.7 Å². The van der Waals surface area contributed by atoms with Crippen LogP contribution in [0.4, 0.5) is 5.69 Å². The first-order valence-corrected chi connectivity index (χ1v) is 9.18. The van der Waals surface area contributed by atoms with E-state index in [1.807, 2.05) is 0 Å². The van der Waals surface area contributed by atoms with E-state index in [-0.39, 0.29) is 22.8 Å². The van der Waals surface area contributed by atoms with Crippen LogP contribution >= 0.6 is 0 Å². The van der Waals surface area contributed by atoms with Gasteiger partial charge in [-0.25, -0.2) is 0 Å². The summed E-state index contributed by atoms with van der Waals surface area (Å²) in [7, 11) is -4.40. The summed E-state index contributed by atoms with van der Waals surface area (Å²) in [6.07, 6.45) is 1.25. The van der Waals surface area contributed by atoms with Gasteiger partial charge >= 0.3 is 0 Å². The number of nitrogens with one attached hydrogen (secondary N) is 2. The first kappa shape index (κ1) is 20.1. The Labute approximate surface area is 156 Å². The number of carbonyl (C=O) groups excluding carboxylic acids is 1. The molecule has 140 valence electrons. The van der Waals surface area contributed by atoms with E-state index in [2.05, 4.69) is 10.6 Å². The number of hydrogen-bond donors (Lipinski definition) is 4. The van der Waals surface area contributed by atoms with E-state index in [9.17, 15) is 13.2 Å². The second kappa shape index (κ2) is 8.95. The molecule has 0 radical (unpaired) electrons. The molecular formula is C18H17N3O5S. The number of carbonyl (C=O) groups is 1. The molecule has 0 spiro atoms. The van der Waals surface area contributed by atoms with Crippen molar-refractivity contribution in [2.24, 2.45) is 0 Å². The quantitative estimate of drug-likeness (QED) is 0.321. The fraction of sp³-hybridized carbons (Fsp3) is 0.111. The van der Waals surface area contributed by atoms with Crippen LogP contribution in [-0.2, 0) is 28.1 Å². The third-order valence-corrected chi connectivity index (χ3v) is 4.36. The van der Waals surface area contributed by atoms with Crippen molar-refractivity contribution in [3.05, 3.63) is 71.4 Å². The smallest absolute Gasteiger partial charge is 0.294 e. The van der Waals surface area contributed by atoms with Gasteiger partial charge in [-0.3, -0.25) is 9.35 Å². The Bertz CT molecular complexity index is 992. The number of benzene rings is 2. The maximum Gasteiger partial charge on any atom is 0.294 e. The molecule has 27 heavy (non-hydrogen) atoms. The normalized spacial score (nSPS) is 11.5. The topological polar surface area (TPSA) is 140 Å².